The van der Waals surface area contributed by atoms with E-state index in [-0.39, 0.29) is 0 Å². The number of hydrogen-bond donors (Lipinski definition) is 3. The van der Waals surface area contributed by atoms with Gasteiger partial charge in [0.2, 0.25) is 0 Å². The number of benzene rings is 3. The van der Waals surface area contributed by atoms with E-state index < -0.39 is 5.60 Å². The lowest BCUT2D eigenvalue weighted by Crippen LogP contribution is -2.44. The third-order valence-electron chi connectivity index (χ3n) is 5.83. The van der Waals surface area contributed by atoms with Gasteiger partial charge in [-0.05, 0) is 61.9 Å². The summed E-state index contributed by atoms with van der Waals surface area (Å²) in [6.07, 6.45) is 3.10. The molecule has 1 fully saturated rings. The van der Waals surface area contributed by atoms with Crippen LogP contribution in [0.25, 0.3) is 10.9 Å². The molecule has 1 aliphatic rings. The van der Waals surface area contributed by atoms with Crippen LogP contribution in [-0.4, -0.2) is 40.9 Å². The Morgan fingerprint density at radius 2 is 1.91 bits per heavy atom. The van der Waals surface area contributed by atoms with Gasteiger partial charge in [-0.15, -0.1) is 0 Å². The molecule has 0 bridgehead atoms. The second-order valence-corrected chi connectivity index (χ2v) is 8.42. The number of ether oxygens (including phenoxy) is 2. The molecule has 1 aliphatic heterocycles. The van der Waals surface area contributed by atoms with Crippen molar-refractivity contribution >= 4 is 22.4 Å². The average Bonchev–Trinajstić information content (AvgIpc) is 2.89. The minimum Gasteiger partial charge on any atom is -0.493 e. The van der Waals surface area contributed by atoms with Gasteiger partial charge in [0, 0.05) is 29.2 Å². The van der Waals surface area contributed by atoms with E-state index >= 15 is 0 Å². The summed E-state index contributed by atoms with van der Waals surface area (Å²) >= 11 is 0. The van der Waals surface area contributed by atoms with E-state index in [4.69, 9.17) is 9.47 Å². The summed E-state index contributed by atoms with van der Waals surface area (Å²) in [6, 6.07) is 20.9. The lowest BCUT2D eigenvalue weighted by Gasteiger charge is -2.27. The van der Waals surface area contributed by atoms with Crippen molar-refractivity contribution in [3.8, 4) is 29.1 Å². The predicted molar refractivity (Wildman–Crippen MR) is 136 cm³/mol. The Balaban J connectivity index is 1.41. The number of para-hydroxylation sites is 1. The van der Waals surface area contributed by atoms with Crippen molar-refractivity contribution in [3.63, 3.8) is 0 Å². The van der Waals surface area contributed by atoms with Gasteiger partial charge in [0.1, 0.15) is 23.5 Å². The normalized spacial score (nSPS) is 17.3. The summed E-state index contributed by atoms with van der Waals surface area (Å²) in [5.41, 5.74) is 1.38. The Kier molecular flexibility index (Phi) is 6.49. The maximum absolute atomic E-state index is 10.7. The molecule has 0 saturated carbocycles. The quantitative estimate of drug-likeness (QED) is 0.369. The fourth-order valence-corrected chi connectivity index (χ4v) is 4.00. The molecule has 0 spiro atoms. The molecule has 1 saturated heterocycles. The van der Waals surface area contributed by atoms with Gasteiger partial charge in [0.15, 0.2) is 11.5 Å². The number of aromatic nitrogens is 2. The van der Waals surface area contributed by atoms with Crippen molar-refractivity contribution in [3.05, 3.63) is 78.6 Å². The molecule has 7 heteroatoms. The summed E-state index contributed by atoms with van der Waals surface area (Å²) in [6.45, 7) is 1.39. The Bertz CT molecular complexity index is 1390. The second kappa shape index (κ2) is 10.0. The van der Waals surface area contributed by atoms with E-state index in [1.54, 1.807) is 7.11 Å². The molecule has 2 heterocycles. The second-order valence-electron chi connectivity index (χ2n) is 8.42. The maximum Gasteiger partial charge on any atom is 0.169 e. The lowest BCUT2D eigenvalue weighted by molar-refractivity contribution is 0.0736. The Hall–Kier alpha value is -4.12. The first kappa shape index (κ1) is 22.7. The molecular weight excluding hydrogens is 440 g/mol. The first-order valence-electron chi connectivity index (χ1n) is 11.5. The van der Waals surface area contributed by atoms with Gasteiger partial charge in [-0.2, -0.15) is 0 Å². The van der Waals surface area contributed by atoms with Gasteiger partial charge in [0.05, 0.1) is 12.6 Å². The van der Waals surface area contributed by atoms with E-state index in [0.717, 1.165) is 40.9 Å². The number of rotatable bonds is 5. The van der Waals surface area contributed by atoms with Crippen LogP contribution < -0.4 is 20.1 Å². The zero-order valence-electron chi connectivity index (χ0n) is 19.4. The minimum absolute atomic E-state index is 0.481. The smallest absolute Gasteiger partial charge is 0.169 e. The SMILES string of the molecule is COc1cc(Nc2ncnc3ccc(C#CC4(O)CCCNC4)cc23)ccc1Oc1ccccc1. The monoisotopic (exact) mass is 466 g/mol. The van der Waals surface area contributed by atoms with Crippen LogP contribution in [0.5, 0.6) is 17.2 Å². The molecule has 0 radical (unpaired) electrons. The number of piperidine rings is 1. The lowest BCUT2D eigenvalue weighted by atomic mass is 9.94. The highest BCUT2D eigenvalue weighted by molar-refractivity contribution is 5.91. The highest BCUT2D eigenvalue weighted by atomic mass is 16.5. The van der Waals surface area contributed by atoms with Crippen molar-refractivity contribution in [1.82, 2.24) is 15.3 Å². The molecule has 1 aromatic heterocycles. The number of anilines is 2. The Morgan fingerprint density at radius 1 is 1.03 bits per heavy atom. The zero-order valence-corrected chi connectivity index (χ0v) is 19.4. The van der Waals surface area contributed by atoms with Gasteiger partial charge in [-0.1, -0.05) is 30.0 Å². The van der Waals surface area contributed by atoms with Gasteiger partial charge in [-0.25, -0.2) is 9.97 Å². The standard InChI is InChI=1S/C28H26N4O3/c1-34-26-17-21(9-11-25(26)35-22-6-3-2-4-7-22)32-27-23-16-20(8-10-24(23)30-19-31-27)12-14-28(33)13-5-15-29-18-28/h2-4,6-11,16-17,19,29,33H,5,13,15,18H2,1H3,(H,30,31,32). The number of aliphatic hydroxyl groups is 1. The third kappa shape index (κ3) is 5.35. The molecule has 176 valence electrons. The highest BCUT2D eigenvalue weighted by Crippen LogP contribution is 2.35. The van der Waals surface area contributed by atoms with Crippen LogP contribution in [0.3, 0.4) is 0 Å². The molecule has 7 nitrogen and oxygen atoms in total. The molecule has 5 rings (SSSR count). The van der Waals surface area contributed by atoms with Crippen LogP contribution in [0.1, 0.15) is 18.4 Å². The van der Waals surface area contributed by atoms with Crippen molar-refractivity contribution < 1.29 is 14.6 Å². The molecular formula is C28H26N4O3. The van der Waals surface area contributed by atoms with Crippen molar-refractivity contribution in [1.29, 1.82) is 0 Å². The fourth-order valence-electron chi connectivity index (χ4n) is 4.00. The maximum atomic E-state index is 10.7. The minimum atomic E-state index is -0.998. The summed E-state index contributed by atoms with van der Waals surface area (Å²) < 4.78 is 11.5. The Morgan fingerprint density at radius 3 is 2.71 bits per heavy atom. The topological polar surface area (TPSA) is 88.5 Å². The van der Waals surface area contributed by atoms with Crippen LogP contribution >= 0.6 is 0 Å². The van der Waals surface area contributed by atoms with Crippen molar-refractivity contribution in [2.75, 3.05) is 25.5 Å². The van der Waals surface area contributed by atoms with Gasteiger partial charge < -0.3 is 25.2 Å². The molecule has 0 aliphatic carbocycles. The molecule has 3 N–H and O–H groups in total. The number of hydrogen-bond acceptors (Lipinski definition) is 7. The van der Waals surface area contributed by atoms with E-state index in [1.165, 1.54) is 6.33 Å². The molecule has 4 aromatic rings. The van der Waals surface area contributed by atoms with Crippen LogP contribution in [0, 0.1) is 11.8 Å². The van der Waals surface area contributed by atoms with E-state index in [0.29, 0.717) is 30.3 Å². The van der Waals surface area contributed by atoms with Crippen molar-refractivity contribution in [2.24, 2.45) is 0 Å². The highest BCUT2D eigenvalue weighted by Gasteiger charge is 2.26. The third-order valence-corrected chi connectivity index (χ3v) is 5.83. The van der Waals surface area contributed by atoms with E-state index in [9.17, 15) is 5.11 Å². The van der Waals surface area contributed by atoms with Crippen LogP contribution in [0.15, 0.2) is 73.1 Å². The van der Waals surface area contributed by atoms with Gasteiger partial charge in [-0.3, -0.25) is 0 Å². The average molecular weight is 467 g/mol. The predicted octanol–water partition coefficient (Wildman–Crippen LogP) is 4.64. The zero-order chi connectivity index (χ0) is 24.1. The largest absolute Gasteiger partial charge is 0.493 e. The molecule has 1 unspecified atom stereocenters. The number of nitrogens with zero attached hydrogens (tertiary/aromatic N) is 2. The summed E-state index contributed by atoms with van der Waals surface area (Å²) in [7, 11) is 1.61. The first-order chi connectivity index (χ1) is 17.1. The van der Waals surface area contributed by atoms with Crippen LogP contribution in [-0.2, 0) is 0 Å². The fraction of sp³-hybridized carbons (Fsp3) is 0.214. The van der Waals surface area contributed by atoms with Crippen molar-refractivity contribution in [2.45, 2.75) is 18.4 Å². The van der Waals surface area contributed by atoms with Crippen LogP contribution in [0.2, 0.25) is 0 Å². The molecule has 0 amide bonds. The van der Waals surface area contributed by atoms with Crippen LogP contribution in [0.4, 0.5) is 11.5 Å². The number of methoxy groups -OCH3 is 1. The molecule has 1 atom stereocenters. The Labute approximate surface area is 204 Å². The summed E-state index contributed by atoms with van der Waals surface area (Å²) in [5.74, 6) is 8.76. The van der Waals surface area contributed by atoms with Gasteiger partial charge in [0.25, 0.3) is 0 Å². The summed E-state index contributed by atoms with van der Waals surface area (Å²) in [4.78, 5) is 8.83. The molecule has 3 aromatic carbocycles. The number of fused-ring (bicyclic) bond motifs is 1. The van der Waals surface area contributed by atoms with Gasteiger partial charge >= 0.3 is 0 Å². The van der Waals surface area contributed by atoms with E-state index in [2.05, 4.69) is 32.4 Å². The number of β-amino-alcohol motifs (C(OH)–C–C–N with tert-alkyl or cyclic N) is 1. The van der Waals surface area contributed by atoms with E-state index in [1.807, 2.05) is 66.7 Å². The molecule has 35 heavy (non-hydrogen) atoms. The first-order valence-corrected chi connectivity index (χ1v) is 11.5. The summed E-state index contributed by atoms with van der Waals surface area (Å²) in [5, 5.41) is 18.1. The number of nitrogens with one attached hydrogen (secondary N) is 2.